The van der Waals surface area contributed by atoms with Crippen LogP contribution >= 0.6 is 0 Å². The normalized spacial score (nSPS) is 11.3. The highest BCUT2D eigenvalue weighted by atomic mass is 16.5. The first-order valence-corrected chi connectivity index (χ1v) is 12.2. The van der Waals surface area contributed by atoms with Gasteiger partial charge in [0.2, 0.25) is 11.4 Å². The minimum absolute atomic E-state index is 0.825. The Bertz CT molecular complexity index is 1760. The summed E-state index contributed by atoms with van der Waals surface area (Å²) in [4.78, 5) is 0. The van der Waals surface area contributed by atoms with Crippen molar-refractivity contribution in [3.05, 3.63) is 108 Å². The van der Waals surface area contributed by atoms with Crippen molar-refractivity contribution in [1.82, 2.24) is 0 Å². The summed E-state index contributed by atoms with van der Waals surface area (Å²) in [5, 5.41) is 2.13. The number of hydrogen-bond acceptors (Lipinski definition) is 2. The molecule has 3 aromatic carbocycles. The van der Waals surface area contributed by atoms with Gasteiger partial charge in [-0.25, -0.2) is 9.13 Å². The first-order valence-electron chi connectivity index (χ1n) is 12.2. The zero-order valence-electron chi connectivity index (χ0n) is 20.9. The van der Waals surface area contributed by atoms with Crippen LogP contribution in [-0.2, 0) is 14.1 Å². The van der Waals surface area contributed by atoms with Crippen molar-refractivity contribution in [2.24, 2.45) is 14.1 Å². The molecule has 176 valence electrons. The van der Waals surface area contributed by atoms with E-state index in [0.29, 0.717) is 0 Å². The number of pyridine rings is 2. The predicted octanol–water partition coefficient (Wildman–Crippen LogP) is 6.98. The van der Waals surface area contributed by atoms with Crippen LogP contribution in [0.25, 0.3) is 44.5 Å². The molecule has 0 bridgehead atoms. The lowest BCUT2D eigenvalue weighted by atomic mass is 9.99. The third-order valence-electron chi connectivity index (χ3n) is 7.03. The molecule has 0 unspecified atom stereocenters. The second-order valence-corrected chi connectivity index (χ2v) is 9.27. The molecule has 4 nitrogen and oxygen atoms in total. The summed E-state index contributed by atoms with van der Waals surface area (Å²) >= 11 is 0. The number of fused-ring (bicyclic) bond motifs is 3. The molecule has 0 atom stereocenters. The minimum Gasteiger partial charge on any atom is -0.457 e. The molecule has 3 aromatic heterocycles. The summed E-state index contributed by atoms with van der Waals surface area (Å²) in [6.45, 7) is 4.23. The van der Waals surface area contributed by atoms with Crippen LogP contribution < -0.4 is 13.9 Å². The van der Waals surface area contributed by atoms with Gasteiger partial charge in [0.25, 0.3) is 0 Å². The van der Waals surface area contributed by atoms with Crippen molar-refractivity contribution in [2.45, 2.75) is 13.8 Å². The highest BCUT2D eigenvalue weighted by Crippen LogP contribution is 2.43. The van der Waals surface area contributed by atoms with Gasteiger partial charge >= 0.3 is 0 Å². The SMILES string of the molecule is Cc1c(Oc2cc3c(oc4ccccc43)c(-c3cccc[n+]3C)c2C)cccc1-c1cccc[n+]1C. The highest BCUT2D eigenvalue weighted by molar-refractivity contribution is 6.10. The first kappa shape index (κ1) is 22.1. The molecular formula is C32H28N2O2+2. The summed E-state index contributed by atoms with van der Waals surface area (Å²) in [6.07, 6.45) is 4.13. The van der Waals surface area contributed by atoms with Gasteiger partial charge < -0.3 is 9.15 Å². The summed E-state index contributed by atoms with van der Waals surface area (Å²) in [5.41, 5.74) is 8.31. The number of aromatic nitrogens is 2. The van der Waals surface area contributed by atoms with Gasteiger partial charge in [0.1, 0.15) is 36.8 Å². The molecule has 6 rings (SSSR count). The maximum Gasteiger partial charge on any atom is 0.216 e. The van der Waals surface area contributed by atoms with E-state index in [9.17, 15) is 0 Å². The summed E-state index contributed by atoms with van der Waals surface area (Å²) in [7, 11) is 4.13. The van der Waals surface area contributed by atoms with Crippen LogP contribution in [0.15, 0.2) is 102 Å². The first-order chi connectivity index (χ1) is 17.5. The number of ether oxygens (including phenoxy) is 1. The summed E-state index contributed by atoms with van der Waals surface area (Å²) < 4.78 is 17.4. The van der Waals surface area contributed by atoms with Crippen LogP contribution in [0.3, 0.4) is 0 Å². The average molecular weight is 473 g/mol. The lowest BCUT2D eigenvalue weighted by Crippen LogP contribution is -2.30. The van der Waals surface area contributed by atoms with E-state index in [1.165, 1.54) is 0 Å². The van der Waals surface area contributed by atoms with Crippen LogP contribution in [0.2, 0.25) is 0 Å². The number of hydrogen-bond donors (Lipinski definition) is 0. The largest absolute Gasteiger partial charge is 0.457 e. The third kappa shape index (κ3) is 3.54. The quantitative estimate of drug-likeness (QED) is 0.259. The van der Waals surface area contributed by atoms with Crippen molar-refractivity contribution in [3.63, 3.8) is 0 Å². The van der Waals surface area contributed by atoms with Crippen molar-refractivity contribution in [3.8, 4) is 34.0 Å². The topological polar surface area (TPSA) is 30.1 Å². The van der Waals surface area contributed by atoms with Gasteiger partial charge in [0, 0.05) is 46.2 Å². The Balaban J connectivity index is 1.58. The number of benzene rings is 3. The van der Waals surface area contributed by atoms with E-state index in [-0.39, 0.29) is 0 Å². The number of aryl methyl sites for hydroxylation is 2. The van der Waals surface area contributed by atoms with Gasteiger partial charge in [0.05, 0.1) is 11.1 Å². The van der Waals surface area contributed by atoms with Crippen molar-refractivity contribution < 1.29 is 18.3 Å². The van der Waals surface area contributed by atoms with E-state index >= 15 is 0 Å². The molecule has 4 heteroatoms. The summed E-state index contributed by atoms with van der Waals surface area (Å²) in [5.74, 6) is 1.67. The summed E-state index contributed by atoms with van der Waals surface area (Å²) in [6, 6.07) is 29.0. The van der Waals surface area contributed by atoms with Crippen LogP contribution in [0, 0.1) is 13.8 Å². The van der Waals surface area contributed by atoms with Crippen LogP contribution in [0.1, 0.15) is 11.1 Å². The molecule has 0 fully saturated rings. The Morgan fingerprint density at radius 1 is 0.639 bits per heavy atom. The Kier molecular flexibility index (Phi) is 5.30. The number of furan rings is 1. The molecule has 0 amide bonds. The Morgan fingerprint density at radius 2 is 1.33 bits per heavy atom. The predicted molar refractivity (Wildman–Crippen MR) is 143 cm³/mol. The van der Waals surface area contributed by atoms with Gasteiger partial charge in [-0.15, -0.1) is 0 Å². The Morgan fingerprint density at radius 3 is 2.08 bits per heavy atom. The number of para-hydroxylation sites is 1. The number of nitrogens with zero attached hydrogens (tertiary/aromatic N) is 2. The van der Waals surface area contributed by atoms with E-state index in [1.807, 2.05) is 36.4 Å². The fraction of sp³-hybridized carbons (Fsp3) is 0.125. The van der Waals surface area contributed by atoms with Gasteiger partial charge in [-0.2, -0.15) is 0 Å². The molecule has 0 spiro atoms. The zero-order valence-corrected chi connectivity index (χ0v) is 20.9. The molecule has 0 saturated heterocycles. The fourth-order valence-corrected chi connectivity index (χ4v) is 5.05. The van der Waals surface area contributed by atoms with E-state index in [2.05, 4.69) is 98.0 Å². The molecule has 6 aromatic rings. The molecule has 36 heavy (non-hydrogen) atoms. The van der Waals surface area contributed by atoms with Gasteiger partial charge in [-0.3, -0.25) is 0 Å². The average Bonchev–Trinajstić information content (AvgIpc) is 3.25. The zero-order chi connectivity index (χ0) is 24.8. The van der Waals surface area contributed by atoms with Crippen molar-refractivity contribution in [1.29, 1.82) is 0 Å². The lowest BCUT2D eigenvalue weighted by Gasteiger charge is -2.15. The van der Waals surface area contributed by atoms with Gasteiger partial charge in [-0.1, -0.05) is 24.3 Å². The molecule has 0 aliphatic rings. The Labute approximate surface area is 210 Å². The van der Waals surface area contributed by atoms with Crippen LogP contribution in [0.4, 0.5) is 0 Å². The van der Waals surface area contributed by atoms with Crippen molar-refractivity contribution in [2.75, 3.05) is 0 Å². The van der Waals surface area contributed by atoms with E-state index in [0.717, 1.165) is 67.1 Å². The number of rotatable bonds is 4. The molecule has 3 heterocycles. The van der Waals surface area contributed by atoms with Crippen LogP contribution in [-0.4, -0.2) is 0 Å². The van der Waals surface area contributed by atoms with Gasteiger partial charge in [-0.05, 0) is 50.2 Å². The van der Waals surface area contributed by atoms with E-state index in [1.54, 1.807) is 0 Å². The fourth-order valence-electron chi connectivity index (χ4n) is 5.05. The van der Waals surface area contributed by atoms with E-state index < -0.39 is 0 Å². The highest BCUT2D eigenvalue weighted by Gasteiger charge is 2.24. The second kappa shape index (κ2) is 8.65. The monoisotopic (exact) mass is 472 g/mol. The second-order valence-electron chi connectivity index (χ2n) is 9.27. The molecule has 0 saturated carbocycles. The third-order valence-corrected chi connectivity index (χ3v) is 7.03. The van der Waals surface area contributed by atoms with E-state index in [4.69, 9.17) is 9.15 Å². The molecule has 0 radical (unpaired) electrons. The Hall–Kier alpha value is -4.44. The van der Waals surface area contributed by atoms with Crippen molar-refractivity contribution >= 4 is 21.9 Å². The van der Waals surface area contributed by atoms with Gasteiger partial charge in [0.15, 0.2) is 12.4 Å². The molecule has 0 aliphatic heterocycles. The smallest absolute Gasteiger partial charge is 0.216 e. The molecule has 0 aliphatic carbocycles. The standard InChI is InChI=1S/C32H28N2O2/c1-21-23(26-14-7-9-18-33(26)3)13-11-17-28(21)35-30-20-25-24-12-5-6-16-29(24)36-32(25)31(22(30)2)27-15-8-10-19-34(27)4/h5-20H,1-4H3/q+2. The maximum atomic E-state index is 6.71. The maximum absolute atomic E-state index is 6.71. The molecular weight excluding hydrogens is 444 g/mol. The lowest BCUT2D eigenvalue weighted by molar-refractivity contribution is -0.660. The van der Waals surface area contributed by atoms with Crippen LogP contribution in [0.5, 0.6) is 11.5 Å². The molecule has 0 N–H and O–H groups in total. The minimum atomic E-state index is 0.825.